The zero-order valence-corrected chi connectivity index (χ0v) is 18.2. The average Bonchev–Trinajstić information content (AvgIpc) is 2.98. The normalized spacial score (nSPS) is 11.5. The Morgan fingerprint density at radius 3 is 2.59 bits per heavy atom. The summed E-state index contributed by atoms with van der Waals surface area (Å²) in [7, 11) is 0. The van der Waals surface area contributed by atoms with Crippen molar-refractivity contribution in [3.63, 3.8) is 0 Å². The number of aromatic nitrogens is 1. The molecule has 1 aromatic heterocycles. The molecule has 0 aliphatic carbocycles. The van der Waals surface area contributed by atoms with Gasteiger partial charge in [-0.05, 0) is 50.6 Å². The van der Waals surface area contributed by atoms with E-state index in [2.05, 4.69) is 9.88 Å². The van der Waals surface area contributed by atoms with Crippen LogP contribution < -0.4 is 10.1 Å². The Labute approximate surface area is 180 Å². The molecule has 0 radical (unpaired) electrons. The van der Waals surface area contributed by atoms with E-state index in [4.69, 9.17) is 32.7 Å². The topological polar surface area (TPSA) is 52.5 Å². The summed E-state index contributed by atoms with van der Waals surface area (Å²) in [4.78, 5) is 11.7. The van der Waals surface area contributed by atoms with Gasteiger partial charge < -0.3 is 19.4 Å². The predicted octanol–water partition coefficient (Wildman–Crippen LogP) is 5.90. The number of rotatable bonds is 6. The lowest BCUT2D eigenvalue weighted by atomic mass is 10.2. The first kappa shape index (κ1) is 21.3. The van der Waals surface area contributed by atoms with E-state index in [0.717, 1.165) is 22.2 Å². The van der Waals surface area contributed by atoms with Crippen molar-refractivity contribution in [2.45, 2.75) is 32.9 Å². The summed E-state index contributed by atoms with van der Waals surface area (Å²) in [6.45, 7) is 6.79. The second-order valence-electron chi connectivity index (χ2n) is 7.66. The number of ether oxygens (including phenoxy) is 2. The van der Waals surface area contributed by atoms with Crippen LogP contribution in [0.15, 0.2) is 48.7 Å². The maximum Gasteiger partial charge on any atom is 0.407 e. The summed E-state index contributed by atoms with van der Waals surface area (Å²) in [6.07, 6.45) is 1.50. The van der Waals surface area contributed by atoms with Gasteiger partial charge in [-0.1, -0.05) is 41.4 Å². The third-order valence-electron chi connectivity index (χ3n) is 4.12. The molecule has 3 rings (SSSR count). The third-order valence-corrected chi connectivity index (χ3v) is 4.86. The number of hydrogen-bond donors (Lipinski definition) is 1. The van der Waals surface area contributed by atoms with E-state index >= 15 is 0 Å². The molecule has 1 amide bonds. The van der Waals surface area contributed by atoms with Gasteiger partial charge in [0.15, 0.2) is 0 Å². The van der Waals surface area contributed by atoms with Crippen LogP contribution in [-0.2, 0) is 11.3 Å². The van der Waals surface area contributed by atoms with E-state index in [1.54, 1.807) is 6.07 Å². The number of hydrogen-bond acceptors (Lipinski definition) is 3. The number of para-hydroxylation sites is 1. The minimum absolute atomic E-state index is 0.333. The minimum atomic E-state index is -0.525. The summed E-state index contributed by atoms with van der Waals surface area (Å²) < 4.78 is 13.2. The van der Waals surface area contributed by atoms with Crippen molar-refractivity contribution in [3.05, 3.63) is 64.3 Å². The molecule has 29 heavy (non-hydrogen) atoms. The number of nitrogens with one attached hydrogen (secondary N) is 1. The zero-order valence-electron chi connectivity index (χ0n) is 16.7. The van der Waals surface area contributed by atoms with Crippen LogP contribution in [0, 0.1) is 0 Å². The standard InChI is InChI=1S/C22H24Cl2N2O3/c1-22(2,3)29-21(27)25-10-11-28-20-14-26(19-7-5-4-6-16(19)20)13-15-8-9-17(23)18(24)12-15/h4-9,12,14H,10-11,13H2,1-3H3,(H,25,27). The van der Waals surface area contributed by atoms with Crippen LogP contribution in [0.25, 0.3) is 10.9 Å². The number of fused-ring (bicyclic) bond motifs is 1. The Hall–Kier alpha value is -2.37. The van der Waals surface area contributed by atoms with Gasteiger partial charge in [0.1, 0.15) is 18.0 Å². The highest BCUT2D eigenvalue weighted by Gasteiger charge is 2.16. The van der Waals surface area contributed by atoms with Gasteiger partial charge in [0, 0.05) is 18.1 Å². The molecule has 5 nitrogen and oxygen atoms in total. The minimum Gasteiger partial charge on any atom is -0.490 e. The van der Waals surface area contributed by atoms with Gasteiger partial charge in [-0.15, -0.1) is 0 Å². The highest BCUT2D eigenvalue weighted by atomic mass is 35.5. The molecule has 7 heteroatoms. The molecule has 0 bridgehead atoms. The molecule has 1 heterocycles. The van der Waals surface area contributed by atoms with E-state index in [9.17, 15) is 4.79 Å². The number of alkyl carbamates (subject to hydrolysis) is 1. The molecule has 0 aliphatic rings. The van der Waals surface area contributed by atoms with E-state index in [-0.39, 0.29) is 0 Å². The van der Waals surface area contributed by atoms with Gasteiger partial charge in [0.2, 0.25) is 0 Å². The number of carbonyl (C=O) groups is 1. The predicted molar refractivity (Wildman–Crippen MR) is 117 cm³/mol. The van der Waals surface area contributed by atoms with Crippen LogP contribution in [0.4, 0.5) is 4.79 Å². The Morgan fingerprint density at radius 1 is 1.10 bits per heavy atom. The van der Waals surface area contributed by atoms with Gasteiger partial charge in [0.25, 0.3) is 0 Å². The molecular formula is C22H24Cl2N2O3. The molecular weight excluding hydrogens is 411 g/mol. The highest BCUT2D eigenvalue weighted by Crippen LogP contribution is 2.29. The van der Waals surface area contributed by atoms with Crippen LogP contribution in [-0.4, -0.2) is 29.4 Å². The van der Waals surface area contributed by atoms with Gasteiger partial charge in [-0.2, -0.15) is 0 Å². The summed E-state index contributed by atoms with van der Waals surface area (Å²) in [6, 6.07) is 13.6. The number of nitrogens with zero attached hydrogens (tertiary/aromatic N) is 1. The van der Waals surface area contributed by atoms with Gasteiger partial charge >= 0.3 is 6.09 Å². The van der Waals surface area contributed by atoms with E-state index in [0.29, 0.717) is 29.7 Å². The summed E-state index contributed by atoms with van der Waals surface area (Å²) in [5.74, 6) is 0.756. The molecule has 0 spiro atoms. The maximum absolute atomic E-state index is 11.7. The second kappa shape index (κ2) is 8.97. The Bertz CT molecular complexity index is 1010. The molecule has 0 atom stereocenters. The fraction of sp³-hybridized carbons (Fsp3) is 0.318. The summed E-state index contributed by atoms with van der Waals surface area (Å²) >= 11 is 12.2. The third kappa shape index (κ3) is 5.81. The highest BCUT2D eigenvalue weighted by molar-refractivity contribution is 6.42. The SMILES string of the molecule is CC(C)(C)OC(=O)NCCOc1cn(Cc2ccc(Cl)c(Cl)c2)c2ccccc12. The monoisotopic (exact) mass is 434 g/mol. The Balaban J connectivity index is 1.68. The summed E-state index contributed by atoms with van der Waals surface area (Å²) in [5.41, 5.74) is 1.56. The lowest BCUT2D eigenvalue weighted by molar-refractivity contribution is 0.0520. The summed E-state index contributed by atoms with van der Waals surface area (Å²) in [5, 5.41) is 4.77. The molecule has 0 saturated carbocycles. The molecule has 3 aromatic rings. The number of amides is 1. The maximum atomic E-state index is 11.7. The van der Waals surface area contributed by atoms with E-state index in [1.807, 2.05) is 63.4 Å². The quantitative estimate of drug-likeness (QED) is 0.491. The van der Waals surface area contributed by atoms with Crippen molar-refractivity contribution < 1.29 is 14.3 Å². The Morgan fingerprint density at radius 2 is 1.86 bits per heavy atom. The van der Waals surface area contributed by atoms with Crippen LogP contribution in [0.1, 0.15) is 26.3 Å². The molecule has 0 unspecified atom stereocenters. The number of carbonyl (C=O) groups excluding carboxylic acids is 1. The molecule has 154 valence electrons. The first-order chi connectivity index (χ1) is 13.7. The van der Waals surface area contributed by atoms with Gasteiger partial charge in [0.05, 0.1) is 22.1 Å². The largest absolute Gasteiger partial charge is 0.490 e. The molecule has 1 N–H and O–H groups in total. The molecule has 2 aromatic carbocycles. The van der Waals surface area contributed by atoms with Gasteiger partial charge in [-0.3, -0.25) is 0 Å². The zero-order chi connectivity index (χ0) is 21.0. The van der Waals surface area contributed by atoms with E-state index < -0.39 is 11.7 Å². The van der Waals surface area contributed by atoms with Crippen molar-refractivity contribution in [1.29, 1.82) is 0 Å². The number of benzene rings is 2. The fourth-order valence-corrected chi connectivity index (χ4v) is 3.24. The van der Waals surface area contributed by atoms with E-state index in [1.165, 1.54) is 0 Å². The van der Waals surface area contributed by atoms with Crippen molar-refractivity contribution in [2.24, 2.45) is 0 Å². The van der Waals surface area contributed by atoms with Crippen LogP contribution >= 0.6 is 23.2 Å². The van der Waals surface area contributed by atoms with Crippen molar-refractivity contribution in [3.8, 4) is 5.75 Å². The molecule has 0 aliphatic heterocycles. The second-order valence-corrected chi connectivity index (χ2v) is 8.48. The first-order valence-electron chi connectivity index (χ1n) is 9.34. The lowest BCUT2D eigenvalue weighted by Gasteiger charge is -2.19. The molecule has 0 saturated heterocycles. The first-order valence-corrected chi connectivity index (χ1v) is 10.1. The molecule has 0 fully saturated rings. The van der Waals surface area contributed by atoms with Crippen molar-refractivity contribution in [2.75, 3.05) is 13.2 Å². The smallest absolute Gasteiger partial charge is 0.407 e. The fourth-order valence-electron chi connectivity index (χ4n) is 2.92. The van der Waals surface area contributed by atoms with Crippen LogP contribution in [0.3, 0.4) is 0 Å². The lowest BCUT2D eigenvalue weighted by Crippen LogP contribution is -2.34. The van der Waals surface area contributed by atoms with Gasteiger partial charge in [-0.25, -0.2) is 4.79 Å². The van der Waals surface area contributed by atoms with Crippen molar-refractivity contribution in [1.82, 2.24) is 9.88 Å². The number of halogens is 2. The Kier molecular flexibility index (Phi) is 6.60. The van der Waals surface area contributed by atoms with Crippen LogP contribution in [0.2, 0.25) is 10.0 Å². The average molecular weight is 435 g/mol. The van der Waals surface area contributed by atoms with Crippen molar-refractivity contribution >= 4 is 40.2 Å². The van der Waals surface area contributed by atoms with Crippen LogP contribution in [0.5, 0.6) is 5.75 Å².